The first kappa shape index (κ1) is 24.4. The molecule has 1 amide bonds. The Labute approximate surface area is 197 Å². The summed E-state index contributed by atoms with van der Waals surface area (Å²) in [4.78, 5) is 41.8. The molecule has 0 radical (unpaired) electrons. The zero-order valence-corrected chi connectivity index (χ0v) is 19.2. The predicted octanol–water partition coefficient (Wildman–Crippen LogP) is 4.62. The smallest absolute Gasteiger partial charge is 0.357 e. The number of benzene rings is 1. The number of carbonyl (C=O) groups is 1. The minimum absolute atomic E-state index is 0. The summed E-state index contributed by atoms with van der Waals surface area (Å²) >= 11 is 1.40. The number of rotatable bonds is 4. The number of fused-ring (bicyclic) bond motifs is 1. The molecule has 3 aromatic rings. The van der Waals surface area contributed by atoms with E-state index in [-0.39, 0.29) is 18.7 Å². The molecule has 0 unspecified atom stereocenters. The fourth-order valence-corrected chi connectivity index (χ4v) is 4.87. The van der Waals surface area contributed by atoms with Crippen LogP contribution in [0, 0.1) is 15.5 Å². The van der Waals surface area contributed by atoms with Gasteiger partial charge in [0, 0.05) is 38.1 Å². The lowest BCUT2D eigenvalue weighted by molar-refractivity contribution is -0.385. The number of nitrogens with zero attached hydrogens (tertiary/aromatic N) is 4. The number of piperazine rings is 1. The lowest BCUT2D eigenvalue weighted by atomic mass is 9.96. The van der Waals surface area contributed by atoms with Crippen LogP contribution < -0.4 is 10.5 Å². The van der Waals surface area contributed by atoms with E-state index in [0.29, 0.717) is 54.2 Å². The van der Waals surface area contributed by atoms with E-state index in [9.17, 15) is 19.7 Å². The Morgan fingerprint density at radius 3 is 2.33 bits per heavy atom. The minimum Gasteiger partial charge on any atom is -0.362 e. The van der Waals surface area contributed by atoms with Crippen LogP contribution in [0.25, 0.3) is 10.9 Å². The molecule has 0 bridgehead atoms. The Bertz CT molecular complexity index is 1220. The highest BCUT2D eigenvalue weighted by atomic mass is 32.1. The molecular formula is C24H30N4O4S. The Morgan fingerprint density at radius 2 is 1.76 bits per heavy atom. The van der Waals surface area contributed by atoms with E-state index >= 15 is 0 Å². The van der Waals surface area contributed by atoms with Gasteiger partial charge in [0.1, 0.15) is 5.69 Å². The van der Waals surface area contributed by atoms with Gasteiger partial charge in [0.05, 0.1) is 15.3 Å². The second-order valence-corrected chi connectivity index (χ2v) is 10.1. The third-order valence-electron chi connectivity index (χ3n) is 5.55. The molecule has 0 N–H and O–H groups in total. The Kier molecular flexibility index (Phi) is 6.92. The van der Waals surface area contributed by atoms with E-state index in [1.165, 1.54) is 15.9 Å². The molecule has 1 aliphatic rings. The summed E-state index contributed by atoms with van der Waals surface area (Å²) in [5.74, 6) is -0.0281. The van der Waals surface area contributed by atoms with Crippen molar-refractivity contribution in [1.82, 2.24) is 9.47 Å². The van der Waals surface area contributed by atoms with Gasteiger partial charge in [-0.3, -0.25) is 19.7 Å². The maximum Gasteiger partial charge on any atom is 0.357 e. The number of hydrogen-bond donors (Lipinski definition) is 0. The summed E-state index contributed by atoms with van der Waals surface area (Å²) in [7, 11) is 0. The van der Waals surface area contributed by atoms with Gasteiger partial charge in [-0.1, -0.05) is 52.5 Å². The minimum atomic E-state index is -0.587. The fraction of sp³-hybridized carbons (Fsp3) is 0.417. The molecule has 2 aromatic heterocycles. The Morgan fingerprint density at radius 1 is 1.09 bits per heavy atom. The van der Waals surface area contributed by atoms with Crippen molar-refractivity contribution in [2.45, 2.75) is 34.7 Å². The summed E-state index contributed by atoms with van der Waals surface area (Å²) in [6, 6.07) is 11.0. The van der Waals surface area contributed by atoms with Crippen LogP contribution in [-0.2, 0) is 6.54 Å². The molecule has 8 nitrogen and oxygen atoms in total. The first-order valence-corrected chi connectivity index (χ1v) is 11.4. The average molecular weight is 471 g/mol. The molecule has 3 heterocycles. The largest absolute Gasteiger partial charge is 0.362 e. The fourth-order valence-electron chi connectivity index (χ4n) is 4.18. The number of hydrogen-bond acceptors (Lipinski definition) is 6. The second kappa shape index (κ2) is 9.35. The van der Waals surface area contributed by atoms with Crippen molar-refractivity contribution >= 4 is 39.5 Å². The molecule has 1 aromatic carbocycles. The van der Waals surface area contributed by atoms with Crippen molar-refractivity contribution in [3.8, 4) is 0 Å². The molecule has 9 heteroatoms. The van der Waals surface area contributed by atoms with Crippen molar-refractivity contribution in [3.05, 3.63) is 67.1 Å². The first-order valence-electron chi connectivity index (χ1n) is 10.5. The predicted molar refractivity (Wildman–Crippen MR) is 133 cm³/mol. The van der Waals surface area contributed by atoms with E-state index in [2.05, 4.69) is 0 Å². The topological polar surface area (TPSA) is 88.7 Å². The molecule has 1 saturated heterocycles. The van der Waals surface area contributed by atoms with Gasteiger partial charge in [-0.15, -0.1) is 11.3 Å². The van der Waals surface area contributed by atoms with Crippen LogP contribution in [-0.4, -0.2) is 46.5 Å². The summed E-state index contributed by atoms with van der Waals surface area (Å²) in [6.07, 6.45) is 0. The molecular weight excluding hydrogens is 440 g/mol. The summed E-state index contributed by atoms with van der Waals surface area (Å²) < 4.78 is 1.52. The number of thiophene rings is 1. The zero-order chi connectivity index (χ0) is 23.0. The van der Waals surface area contributed by atoms with Gasteiger partial charge in [-0.2, -0.15) is 0 Å². The van der Waals surface area contributed by atoms with Gasteiger partial charge in [-0.05, 0) is 22.9 Å². The van der Waals surface area contributed by atoms with Crippen molar-refractivity contribution in [3.63, 3.8) is 0 Å². The van der Waals surface area contributed by atoms with Crippen molar-refractivity contribution in [2.75, 3.05) is 31.1 Å². The number of carbonyl (C=O) groups excluding carboxylic acids is 1. The lowest BCUT2D eigenvalue weighted by Crippen LogP contribution is -2.49. The SMILES string of the molecule is C.CC(C)(C)Cn1c(=O)c([N+](=O)[O-])c(N2CCN(C(=O)c3cccs3)CC2)c2ccccc21. The standard InChI is InChI=1S/C23H26N4O4S.CH4/c1-23(2,3)15-26-17-8-5-4-7-16(17)19(20(22(26)29)27(30)31)24-10-12-25(13-11-24)21(28)18-9-6-14-32-18;/h4-9,14H,10-13,15H2,1-3H3;1H4. The molecule has 0 aliphatic carbocycles. The summed E-state index contributed by atoms with van der Waals surface area (Å²) in [5.41, 5.74) is -0.175. The van der Waals surface area contributed by atoms with Crippen molar-refractivity contribution < 1.29 is 9.72 Å². The van der Waals surface area contributed by atoms with Gasteiger partial charge in [0.2, 0.25) is 0 Å². The Hall–Kier alpha value is -3.20. The highest BCUT2D eigenvalue weighted by molar-refractivity contribution is 7.12. The van der Waals surface area contributed by atoms with Gasteiger partial charge in [0.25, 0.3) is 5.91 Å². The number of pyridine rings is 1. The molecule has 1 aliphatic heterocycles. The van der Waals surface area contributed by atoms with Crippen molar-refractivity contribution in [1.29, 1.82) is 0 Å². The number of aromatic nitrogens is 1. The Balaban J connectivity index is 0.00000306. The lowest BCUT2D eigenvalue weighted by Gasteiger charge is -2.36. The van der Waals surface area contributed by atoms with Crippen LogP contribution in [0.15, 0.2) is 46.6 Å². The third-order valence-corrected chi connectivity index (χ3v) is 6.41. The van der Waals surface area contributed by atoms with Gasteiger partial charge < -0.3 is 14.4 Å². The zero-order valence-electron chi connectivity index (χ0n) is 18.4. The molecule has 0 spiro atoms. The molecule has 1 fully saturated rings. The van der Waals surface area contributed by atoms with Gasteiger partial charge in [0.15, 0.2) is 0 Å². The maximum atomic E-state index is 13.3. The average Bonchev–Trinajstić information content (AvgIpc) is 3.29. The molecule has 33 heavy (non-hydrogen) atoms. The first-order chi connectivity index (χ1) is 15.2. The van der Waals surface area contributed by atoms with E-state index in [1.807, 2.05) is 61.4 Å². The van der Waals surface area contributed by atoms with Crippen LogP contribution in [0.4, 0.5) is 11.4 Å². The van der Waals surface area contributed by atoms with Crippen LogP contribution in [0.3, 0.4) is 0 Å². The van der Waals surface area contributed by atoms with E-state index in [1.54, 1.807) is 11.0 Å². The number of amides is 1. The summed E-state index contributed by atoms with van der Waals surface area (Å²) in [5, 5.41) is 14.6. The van der Waals surface area contributed by atoms with Crippen molar-refractivity contribution in [2.24, 2.45) is 5.41 Å². The number of anilines is 1. The van der Waals surface area contributed by atoms with Gasteiger partial charge in [-0.25, -0.2) is 0 Å². The van der Waals surface area contributed by atoms with Crippen LogP contribution in [0.1, 0.15) is 37.9 Å². The molecule has 0 atom stereocenters. The number of para-hydroxylation sites is 1. The quantitative estimate of drug-likeness (QED) is 0.410. The summed E-state index contributed by atoms with van der Waals surface area (Å²) in [6.45, 7) is 8.08. The number of nitro groups is 1. The normalized spacial score (nSPS) is 14.3. The highest BCUT2D eigenvalue weighted by Crippen LogP contribution is 2.35. The van der Waals surface area contributed by atoms with E-state index in [4.69, 9.17) is 0 Å². The second-order valence-electron chi connectivity index (χ2n) is 9.18. The van der Waals surface area contributed by atoms with Crippen LogP contribution in [0.2, 0.25) is 0 Å². The maximum absolute atomic E-state index is 13.3. The third kappa shape index (κ3) is 4.78. The van der Waals surface area contributed by atoms with E-state index < -0.39 is 16.2 Å². The molecule has 0 saturated carbocycles. The molecule has 176 valence electrons. The highest BCUT2D eigenvalue weighted by Gasteiger charge is 2.33. The van der Waals surface area contributed by atoms with Crippen LogP contribution in [0.5, 0.6) is 0 Å². The van der Waals surface area contributed by atoms with Crippen LogP contribution >= 0.6 is 11.3 Å². The molecule has 4 rings (SSSR count). The monoisotopic (exact) mass is 470 g/mol. The van der Waals surface area contributed by atoms with Gasteiger partial charge >= 0.3 is 11.2 Å². The van der Waals surface area contributed by atoms with E-state index in [0.717, 1.165) is 0 Å².